The van der Waals surface area contributed by atoms with Crippen LogP contribution < -0.4 is 20.5 Å². The molecule has 0 heterocycles. The highest BCUT2D eigenvalue weighted by molar-refractivity contribution is 14.0. The Bertz CT molecular complexity index is 786. The van der Waals surface area contributed by atoms with Gasteiger partial charge in [-0.05, 0) is 61.2 Å². The molecule has 0 fully saturated rings. The van der Waals surface area contributed by atoms with Crippen LogP contribution in [-0.2, 0) is 6.42 Å². The molecular weight excluding hydrogens is 467 g/mol. The van der Waals surface area contributed by atoms with Crippen molar-refractivity contribution in [1.29, 1.82) is 0 Å². The Morgan fingerprint density at radius 3 is 2.48 bits per heavy atom. The standard InChI is InChI=1S/C19H23F2N3O2.HI/c1-12-4-6-15(10-13(12)2)24-19(22)23-9-8-14-5-7-16(25-3)17(11-14)26-18(20)21;/h4-7,10-11,18H,8-9H2,1-3H3,(H3,22,23,24);1H. The Kier molecular flexibility index (Phi) is 9.27. The first-order valence-electron chi connectivity index (χ1n) is 8.15. The number of rotatable bonds is 7. The first kappa shape index (κ1) is 22.9. The maximum absolute atomic E-state index is 12.5. The molecule has 2 rings (SSSR count). The molecule has 148 valence electrons. The topological polar surface area (TPSA) is 68.9 Å². The van der Waals surface area contributed by atoms with Crippen LogP contribution in [0.25, 0.3) is 0 Å². The molecular formula is C19H24F2IN3O2. The summed E-state index contributed by atoms with van der Waals surface area (Å²) in [5.74, 6) is 0.560. The lowest BCUT2D eigenvalue weighted by Crippen LogP contribution is -2.23. The Labute approximate surface area is 175 Å². The van der Waals surface area contributed by atoms with Crippen LogP contribution in [0.1, 0.15) is 16.7 Å². The van der Waals surface area contributed by atoms with Crippen LogP contribution in [0.5, 0.6) is 11.5 Å². The summed E-state index contributed by atoms with van der Waals surface area (Å²) in [5, 5.41) is 3.04. The number of hydrogen-bond donors (Lipinski definition) is 2. The summed E-state index contributed by atoms with van der Waals surface area (Å²) in [7, 11) is 1.40. The van der Waals surface area contributed by atoms with E-state index in [1.54, 1.807) is 12.1 Å². The molecule has 0 amide bonds. The van der Waals surface area contributed by atoms with Gasteiger partial charge in [-0.25, -0.2) is 0 Å². The third kappa shape index (κ3) is 7.20. The Hall–Kier alpha value is -2.10. The number of guanidine groups is 1. The maximum Gasteiger partial charge on any atom is 0.387 e. The van der Waals surface area contributed by atoms with Gasteiger partial charge in [0.1, 0.15) is 0 Å². The molecule has 0 aliphatic carbocycles. The van der Waals surface area contributed by atoms with Crippen LogP contribution >= 0.6 is 24.0 Å². The highest BCUT2D eigenvalue weighted by atomic mass is 127. The van der Waals surface area contributed by atoms with Gasteiger partial charge in [0.25, 0.3) is 0 Å². The molecule has 5 nitrogen and oxygen atoms in total. The van der Waals surface area contributed by atoms with Gasteiger partial charge < -0.3 is 20.5 Å². The van der Waals surface area contributed by atoms with Gasteiger partial charge in [-0.1, -0.05) is 12.1 Å². The number of methoxy groups -OCH3 is 1. The normalized spacial score (nSPS) is 11.1. The molecule has 8 heteroatoms. The van der Waals surface area contributed by atoms with Crippen LogP contribution in [0.2, 0.25) is 0 Å². The zero-order valence-electron chi connectivity index (χ0n) is 15.5. The lowest BCUT2D eigenvalue weighted by Gasteiger charge is -2.11. The van der Waals surface area contributed by atoms with Gasteiger partial charge in [0.15, 0.2) is 17.5 Å². The van der Waals surface area contributed by atoms with Crippen molar-refractivity contribution < 1.29 is 18.3 Å². The van der Waals surface area contributed by atoms with E-state index in [4.69, 9.17) is 10.5 Å². The number of benzene rings is 2. The second-order valence-electron chi connectivity index (χ2n) is 5.80. The highest BCUT2D eigenvalue weighted by Gasteiger charge is 2.11. The first-order valence-corrected chi connectivity index (χ1v) is 8.15. The van der Waals surface area contributed by atoms with Crippen molar-refractivity contribution in [3.05, 3.63) is 53.1 Å². The third-order valence-corrected chi connectivity index (χ3v) is 3.91. The molecule has 0 radical (unpaired) electrons. The van der Waals surface area contributed by atoms with Gasteiger partial charge in [-0.2, -0.15) is 8.78 Å². The number of nitrogens with one attached hydrogen (secondary N) is 1. The Balaban J connectivity index is 0.00000364. The smallest absolute Gasteiger partial charge is 0.387 e. The molecule has 0 aromatic heterocycles. The van der Waals surface area contributed by atoms with E-state index in [0.717, 1.165) is 16.8 Å². The van der Waals surface area contributed by atoms with E-state index in [9.17, 15) is 8.78 Å². The number of aliphatic imine (C=N–C) groups is 1. The number of anilines is 1. The molecule has 0 aliphatic rings. The fraction of sp³-hybridized carbons (Fsp3) is 0.316. The minimum absolute atomic E-state index is 0. The molecule has 0 atom stereocenters. The van der Waals surface area contributed by atoms with Gasteiger partial charge in [0, 0.05) is 12.2 Å². The van der Waals surface area contributed by atoms with Crippen LogP contribution in [-0.4, -0.2) is 26.2 Å². The van der Waals surface area contributed by atoms with E-state index < -0.39 is 6.61 Å². The number of halogens is 3. The zero-order valence-corrected chi connectivity index (χ0v) is 17.8. The summed E-state index contributed by atoms with van der Waals surface area (Å²) in [4.78, 5) is 4.26. The largest absolute Gasteiger partial charge is 0.493 e. The lowest BCUT2D eigenvalue weighted by atomic mass is 10.1. The minimum Gasteiger partial charge on any atom is -0.493 e. The predicted molar refractivity (Wildman–Crippen MR) is 115 cm³/mol. The van der Waals surface area contributed by atoms with E-state index in [1.165, 1.54) is 18.7 Å². The number of nitrogens with two attached hydrogens (primary N) is 1. The average Bonchev–Trinajstić information content (AvgIpc) is 2.58. The molecule has 2 aromatic rings. The molecule has 0 aliphatic heterocycles. The van der Waals surface area contributed by atoms with Crippen molar-refractivity contribution in [3.63, 3.8) is 0 Å². The fourth-order valence-electron chi connectivity index (χ4n) is 2.38. The molecule has 0 saturated heterocycles. The van der Waals surface area contributed by atoms with Crippen LogP contribution in [0.15, 0.2) is 41.4 Å². The van der Waals surface area contributed by atoms with E-state index in [-0.39, 0.29) is 35.5 Å². The zero-order chi connectivity index (χ0) is 19.1. The van der Waals surface area contributed by atoms with Gasteiger partial charge in [-0.3, -0.25) is 4.99 Å². The van der Waals surface area contributed by atoms with Crippen LogP contribution in [0, 0.1) is 13.8 Å². The monoisotopic (exact) mass is 491 g/mol. The van der Waals surface area contributed by atoms with Crippen molar-refractivity contribution in [2.75, 3.05) is 19.0 Å². The molecule has 0 spiro atoms. The summed E-state index contributed by atoms with van der Waals surface area (Å²) in [5.41, 5.74) is 9.92. The Morgan fingerprint density at radius 2 is 1.85 bits per heavy atom. The summed E-state index contributed by atoms with van der Waals surface area (Å²) in [6, 6.07) is 10.8. The number of hydrogen-bond acceptors (Lipinski definition) is 3. The Morgan fingerprint density at radius 1 is 1.11 bits per heavy atom. The number of nitrogens with zero attached hydrogens (tertiary/aromatic N) is 1. The summed E-state index contributed by atoms with van der Waals surface area (Å²) < 4.78 is 34.4. The van der Waals surface area contributed by atoms with Crippen molar-refractivity contribution >= 4 is 35.6 Å². The van der Waals surface area contributed by atoms with Crippen LogP contribution in [0.3, 0.4) is 0 Å². The minimum atomic E-state index is -2.91. The van der Waals surface area contributed by atoms with E-state index in [2.05, 4.69) is 15.0 Å². The molecule has 0 unspecified atom stereocenters. The number of aryl methyl sites for hydroxylation is 2. The number of ether oxygens (including phenoxy) is 2. The van der Waals surface area contributed by atoms with Crippen LogP contribution in [0.4, 0.5) is 14.5 Å². The number of alkyl halides is 2. The third-order valence-electron chi connectivity index (χ3n) is 3.91. The summed E-state index contributed by atoms with van der Waals surface area (Å²) in [6.07, 6.45) is 0.527. The van der Waals surface area contributed by atoms with E-state index >= 15 is 0 Å². The second-order valence-corrected chi connectivity index (χ2v) is 5.80. The molecule has 2 aromatic carbocycles. The molecule has 3 N–H and O–H groups in total. The quantitative estimate of drug-likeness (QED) is 0.340. The van der Waals surface area contributed by atoms with Crippen molar-refractivity contribution in [2.45, 2.75) is 26.9 Å². The second kappa shape index (κ2) is 10.9. The molecule has 27 heavy (non-hydrogen) atoms. The van der Waals surface area contributed by atoms with E-state index in [1.807, 2.05) is 32.0 Å². The van der Waals surface area contributed by atoms with Crippen molar-refractivity contribution in [3.8, 4) is 11.5 Å². The summed E-state index contributed by atoms with van der Waals surface area (Å²) >= 11 is 0. The predicted octanol–water partition coefficient (Wildman–Crippen LogP) is 4.50. The van der Waals surface area contributed by atoms with Crippen molar-refractivity contribution in [2.24, 2.45) is 10.7 Å². The highest BCUT2D eigenvalue weighted by Crippen LogP contribution is 2.29. The van der Waals surface area contributed by atoms with Gasteiger partial charge in [-0.15, -0.1) is 24.0 Å². The molecule has 0 saturated carbocycles. The van der Waals surface area contributed by atoms with Gasteiger partial charge in [0.2, 0.25) is 0 Å². The van der Waals surface area contributed by atoms with Gasteiger partial charge in [0.05, 0.1) is 7.11 Å². The molecule has 0 bridgehead atoms. The van der Waals surface area contributed by atoms with E-state index in [0.29, 0.717) is 18.9 Å². The van der Waals surface area contributed by atoms with Crippen molar-refractivity contribution in [1.82, 2.24) is 0 Å². The first-order chi connectivity index (χ1) is 12.4. The summed E-state index contributed by atoms with van der Waals surface area (Å²) in [6.45, 7) is 1.56. The SMILES string of the molecule is COc1ccc(CCN=C(N)Nc2ccc(C)c(C)c2)cc1OC(F)F.I. The average molecular weight is 491 g/mol. The maximum atomic E-state index is 12.5. The lowest BCUT2D eigenvalue weighted by molar-refractivity contribution is -0.0512. The fourth-order valence-corrected chi connectivity index (χ4v) is 2.38. The van der Waals surface area contributed by atoms with Gasteiger partial charge >= 0.3 is 6.61 Å².